The lowest BCUT2D eigenvalue weighted by Crippen LogP contribution is -2.40. The van der Waals surface area contributed by atoms with E-state index in [9.17, 15) is 0 Å². The van der Waals surface area contributed by atoms with Crippen LogP contribution in [0.3, 0.4) is 0 Å². The number of hydrogen-bond acceptors (Lipinski definition) is 2. The maximum Gasteiger partial charge on any atom is 0.190 e. The molecule has 0 aliphatic rings. The molecule has 0 atom stereocenters. The van der Waals surface area contributed by atoms with E-state index < -0.39 is 0 Å². The quantitative estimate of drug-likeness (QED) is 0.429. The molecule has 0 aliphatic carbocycles. The molecule has 0 amide bonds. The first-order valence-corrected chi connectivity index (χ1v) is 7.22. The molecule has 19 heavy (non-hydrogen) atoms. The summed E-state index contributed by atoms with van der Waals surface area (Å²) in [5.41, 5.74) is 0. The predicted molar refractivity (Wildman–Crippen MR) is 80.3 cm³/mol. The Balaban J connectivity index is 2.15. The summed E-state index contributed by atoms with van der Waals surface area (Å²) in [6, 6.07) is 1.95. The zero-order valence-electron chi connectivity index (χ0n) is 12.4. The standard InChI is InChI=1S/C14H27N5/c1-4-13(5-2)12-17-14(15-3)16-8-6-10-19-11-7-9-18-19/h7,9,11,13H,4-6,8,10,12H2,1-3H3,(H2,15,16,17). The van der Waals surface area contributed by atoms with Crippen molar-refractivity contribution in [2.45, 2.75) is 39.7 Å². The average molecular weight is 265 g/mol. The number of aliphatic imine (C=N–C) groups is 1. The third kappa shape index (κ3) is 6.27. The Morgan fingerprint density at radius 1 is 1.32 bits per heavy atom. The summed E-state index contributed by atoms with van der Waals surface area (Å²) in [5.74, 6) is 1.62. The minimum Gasteiger partial charge on any atom is -0.356 e. The fourth-order valence-corrected chi connectivity index (χ4v) is 1.92. The van der Waals surface area contributed by atoms with Crippen LogP contribution in [0.15, 0.2) is 23.5 Å². The maximum absolute atomic E-state index is 4.24. The highest BCUT2D eigenvalue weighted by Crippen LogP contribution is 2.04. The van der Waals surface area contributed by atoms with E-state index in [1.807, 2.05) is 30.2 Å². The van der Waals surface area contributed by atoms with Gasteiger partial charge in [0.15, 0.2) is 5.96 Å². The third-order valence-electron chi connectivity index (χ3n) is 3.35. The number of aromatic nitrogens is 2. The van der Waals surface area contributed by atoms with Crippen molar-refractivity contribution in [3.8, 4) is 0 Å². The van der Waals surface area contributed by atoms with E-state index in [2.05, 4.69) is 34.6 Å². The minimum absolute atomic E-state index is 0.725. The van der Waals surface area contributed by atoms with Gasteiger partial charge in [0.25, 0.3) is 0 Å². The number of aryl methyl sites for hydroxylation is 1. The second-order valence-corrected chi connectivity index (χ2v) is 4.69. The molecular formula is C14H27N5. The lowest BCUT2D eigenvalue weighted by Gasteiger charge is -2.16. The predicted octanol–water partition coefficient (Wildman–Crippen LogP) is 1.87. The van der Waals surface area contributed by atoms with Crippen LogP contribution in [-0.4, -0.2) is 35.9 Å². The average Bonchev–Trinajstić information content (AvgIpc) is 2.95. The van der Waals surface area contributed by atoms with Crippen LogP contribution in [0.2, 0.25) is 0 Å². The fraction of sp³-hybridized carbons (Fsp3) is 0.714. The van der Waals surface area contributed by atoms with Gasteiger partial charge < -0.3 is 10.6 Å². The Morgan fingerprint density at radius 3 is 2.68 bits per heavy atom. The van der Waals surface area contributed by atoms with Gasteiger partial charge in [0, 0.05) is 39.1 Å². The SMILES string of the molecule is CCC(CC)CNC(=NC)NCCCn1cccn1. The molecule has 1 heterocycles. The summed E-state index contributed by atoms with van der Waals surface area (Å²) in [6.45, 7) is 7.30. The van der Waals surface area contributed by atoms with E-state index in [0.29, 0.717) is 0 Å². The van der Waals surface area contributed by atoms with Crippen molar-refractivity contribution in [3.05, 3.63) is 18.5 Å². The summed E-state index contributed by atoms with van der Waals surface area (Å²) < 4.78 is 1.95. The number of nitrogens with one attached hydrogen (secondary N) is 2. The second kappa shape index (κ2) is 9.42. The van der Waals surface area contributed by atoms with E-state index in [4.69, 9.17) is 0 Å². The van der Waals surface area contributed by atoms with Gasteiger partial charge >= 0.3 is 0 Å². The molecule has 5 nitrogen and oxygen atoms in total. The number of nitrogens with zero attached hydrogens (tertiary/aromatic N) is 3. The van der Waals surface area contributed by atoms with Crippen molar-refractivity contribution in [2.75, 3.05) is 20.1 Å². The Labute approximate surface area is 116 Å². The lowest BCUT2D eigenvalue weighted by molar-refractivity contribution is 0.480. The molecule has 0 saturated heterocycles. The first-order chi connectivity index (χ1) is 9.30. The summed E-state index contributed by atoms with van der Waals surface area (Å²) >= 11 is 0. The summed E-state index contributed by atoms with van der Waals surface area (Å²) in [4.78, 5) is 4.24. The Morgan fingerprint density at radius 2 is 2.11 bits per heavy atom. The zero-order chi connectivity index (χ0) is 13.9. The van der Waals surface area contributed by atoms with Gasteiger partial charge in [-0.25, -0.2) is 0 Å². The van der Waals surface area contributed by atoms with Gasteiger partial charge in [0.05, 0.1) is 0 Å². The van der Waals surface area contributed by atoms with Crippen LogP contribution >= 0.6 is 0 Å². The normalized spacial score (nSPS) is 11.9. The zero-order valence-corrected chi connectivity index (χ0v) is 12.4. The van der Waals surface area contributed by atoms with Crippen molar-refractivity contribution >= 4 is 5.96 Å². The Kier molecular flexibility index (Phi) is 7.70. The van der Waals surface area contributed by atoms with E-state index in [0.717, 1.165) is 37.9 Å². The van der Waals surface area contributed by atoms with Gasteiger partial charge in [-0.1, -0.05) is 26.7 Å². The van der Waals surface area contributed by atoms with Crippen molar-refractivity contribution in [3.63, 3.8) is 0 Å². The molecule has 108 valence electrons. The van der Waals surface area contributed by atoms with Crippen molar-refractivity contribution < 1.29 is 0 Å². The maximum atomic E-state index is 4.24. The first kappa shape index (κ1) is 15.5. The topological polar surface area (TPSA) is 54.2 Å². The van der Waals surface area contributed by atoms with Gasteiger partial charge in [0.2, 0.25) is 0 Å². The number of hydrogen-bond donors (Lipinski definition) is 2. The van der Waals surface area contributed by atoms with Crippen LogP contribution in [0.25, 0.3) is 0 Å². The summed E-state index contributed by atoms with van der Waals surface area (Å²) in [7, 11) is 1.82. The van der Waals surface area contributed by atoms with Crippen LogP contribution in [-0.2, 0) is 6.54 Å². The molecule has 0 spiro atoms. The summed E-state index contributed by atoms with van der Waals surface area (Å²) in [6.07, 6.45) is 7.25. The fourth-order valence-electron chi connectivity index (χ4n) is 1.92. The molecular weight excluding hydrogens is 238 g/mol. The molecule has 0 bridgehead atoms. The Bertz CT molecular complexity index is 341. The Hall–Kier alpha value is -1.52. The molecule has 0 aliphatic heterocycles. The molecule has 0 radical (unpaired) electrons. The summed E-state index contributed by atoms with van der Waals surface area (Å²) in [5, 5.41) is 10.9. The molecule has 0 saturated carbocycles. The van der Waals surface area contributed by atoms with Crippen LogP contribution in [0.1, 0.15) is 33.1 Å². The van der Waals surface area contributed by atoms with Crippen LogP contribution in [0.4, 0.5) is 0 Å². The second-order valence-electron chi connectivity index (χ2n) is 4.69. The molecule has 1 aromatic rings. The smallest absolute Gasteiger partial charge is 0.190 e. The number of rotatable bonds is 8. The molecule has 0 aromatic carbocycles. The van der Waals surface area contributed by atoms with Crippen molar-refractivity contribution in [2.24, 2.45) is 10.9 Å². The van der Waals surface area contributed by atoms with Crippen molar-refractivity contribution in [1.29, 1.82) is 0 Å². The van der Waals surface area contributed by atoms with Crippen molar-refractivity contribution in [1.82, 2.24) is 20.4 Å². The van der Waals surface area contributed by atoms with E-state index in [-0.39, 0.29) is 0 Å². The van der Waals surface area contributed by atoms with Gasteiger partial charge in [-0.05, 0) is 18.4 Å². The van der Waals surface area contributed by atoms with Gasteiger partial charge in [0.1, 0.15) is 0 Å². The molecule has 5 heteroatoms. The monoisotopic (exact) mass is 265 g/mol. The molecule has 0 unspecified atom stereocenters. The van der Waals surface area contributed by atoms with Crippen LogP contribution in [0, 0.1) is 5.92 Å². The van der Waals surface area contributed by atoms with Gasteiger partial charge in [-0.2, -0.15) is 5.10 Å². The first-order valence-electron chi connectivity index (χ1n) is 7.22. The van der Waals surface area contributed by atoms with E-state index in [1.54, 1.807) is 0 Å². The van der Waals surface area contributed by atoms with E-state index >= 15 is 0 Å². The van der Waals surface area contributed by atoms with Gasteiger partial charge in [-0.15, -0.1) is 0 Å². The molecule has 0 fully saturated rings. The van der Waals surface area contributed by atoms with Crippen LogP contribution in [0.5, 0.6) is 0 Å². The highest BCUT2D eigenvalue weighted by atomic mass is 15.3. The number of guanidine groups is 1. The molecule has 1 rings (SSSR count). The minimum atomic E-state index is 0.725. The lowest BCUT2D eigenvalue weighted by atomic mass is 10.0. The van der Waals surface area contributed by atoms with Crippen LogP contribution < -0.4 is 10.6 Å². The molecule has 1 aromatic heterocycles. The third-order valence-corrected chi connectivity index (χ3v) is 3.35. The molecule has 2 N–H and O–H groups in total. The largest absolute Gasteiger partial charge is 0.356 e. The highest BCUT2D eigenvalue weighted by molar-refractivity contribution is 5.79. The highest BCUT2D eigenvalue weighted by Gasteiger charge is 2.04. The van der Waals surface area contributed by atoms with E-state index in [1.165, 1.54) is 12.8 Å². The van der Waals surface area contributed by atoms with Gasteiger partial charge in [-0.3, -0.25) is 9.67 Å².